The van der Waals surface area contributed by atoms with Crippen LogP contribution in [0.1, 0.15) is 29.8 Å². The largest absolute Gasteiger partial charge is 0.487 e. The van der Waals surface area contributed by atoms with Crippen LogP contribution in [0.15, 0.2) is 47.4 Å². The summed E-state index contributed by atoms with van der Waals surface area (Å²) < 4.78 is 31.4. The summed E-state index contributed by atoms with van der Waals surface area (Å²) in [7, 11) is 1.65. The zero-order valence-electron chi connectivity index (χ0n) is 18.0. The molecule has 4 aromatic rings. The van der Waals surface area contributed by atoms with Crippen molar-refractivity contribution in [2.75, 3.05) is 5.32 Å². The third-order valence-electron chi connectivity index (χ3n) is 5.03. The van der Waals surface area contributed by atoms with Gasteiger partial charge in [0, 0.05) is 30.7 Å². The van der Waals surface area contributed by atoms with Crippen LogP contribution in [0.3, 0.4) is 0 Å². The first-order valence-electron chi connectivity index (χ1n) is 10.1. The van der Waals surface area contributed by atoms with E-state index in [0.29, 0.717) is 29.3 Å². The van der Waals surface area contributed by atoms with Gasteiger partial charge in [0.2, 0.25) is 12.2 Å². The quantitative estimate of drug-likeness (QED) is 0.488. The first-order valence-corrected chi connectivity index (χ1v) is 10.1. The Hall–Kier alpha value is -4.28. The maximum Gasteiger partial charge on any atom is 0.257 e. The minimum absolute atomic E-state index is 0.137. The van der Waals surface area contributed by atoms with E-state index in [4.69, 9.17) is 9.47 Å². The second-order valence-corrected chi connectivity index (χ2v) is 8.16. The molecule has 2 aromatic carbocycles. The number of nitrogens with zero attached hydrogens (tertiary/aromatic N) is 5. The van der Waals surface area contributed by atoms with Crippen LogP contribution in [-0.4, -0.2) is 36.6 Å². The fourth-order valence-electron chi connectivity index (χ4n) is 3.62. The van der Waals surface area contributed by atoms with Crippen molar-refractivity contribution in [3.8, 4) is 28.6 Å². The van der Waals surface area contributed by atoms with Gasteiger partial charge in [-0.2, -0.15) is 14.9 Å². The number of ether oxygens (including phenoxy) is 2. The second-order valence-electron chi connectivity index (χ2n) is 8.16. The predicted octanol–water partition coefficient (Wildman–Crippen LogP) is 3.76. The second kappa shape index (κ2) is 7.69. The third-order valence-corrected chi connectivity index (χ3v) is 5.03. The van der Waals surface area contributed by atoms with Crippen LogP contribution in [-0.2, 0) is 13.5 Å². The molecular weight excluding hydrogens is 431 g/mol. The molecule has 1 aliphatic heterocycles. The van der Waals surface area contributed by atoms with Gasteiger partial charge in [-0.25, -0.2) is 4.39 Å². The molecule has 0 fully saturated rings. The zero-order chi connectivity index (χ0) is 23.2. The molecule has 3 heterocycles. The molecule has 0 atom stereocenters. The van der Waals surface area contributed by atoms with Crippen molar-refractivity contribution in [2.45, 2.75) is 25.9 Å². The van der Waals surface area contributed by atoms with Crippen molar-refractivity contribution in [3.05, 3.63) is 59.9 Å². The average molecular weight is 450 g/mol. The molecule has 11 heteroatoms. The van der Waals surface area contributed by atoms with Crippen molar-refractivity contribution >= 4 is 11.7 Å². The smallest absolute Gasteiger partial charge is 0.257 e. The number of carbonyl (C=O) groups is 1. The van der Waals surface area contributed by atoms with E-state index >= 15 is 0 Å². The maximum absolute atomic E-state index is 14.7. The standard InChI is InChI=1S/C22H19FN6O4/c1-22(2)9-15-17(32-13-4-5-14(16(23)8-13)20-24-11-31-28-20)6-12(7-18(15)33-22)21(30)26-19-10-25-29(3)27-19/h4-8,10-11H,9H2,1-3H3,(H,26,27,30). The molecule has 0 spiro atoms. The maximum atomic E-state index is 14.7. The molecule has 1 aliphatic rings. The van der Waals surface area contributed by atoms with Crippen LogP contribution in [0.25, 0.3) is 11.4 Å². The number of amides is 1. The van der Waals surface area contributed by atoms with Gasteiger partial charge >= 0.3 is 0 Å². The van der Waals surface area contributed by atoms with Gasteiger partial charge in [0.25, 0.3) is 5.91 Å². The molecule has 0 aliphatic carbocycles. The third kappa shape index (κ3) is 4.12. The summed E-state index contributed by atoms with van der Waals surface area (Å²) in [6, 6.07) is 7.57. The molecule has 0 radical (unpaired) electrons. The number of benzene rings is 2. The topological polar surface area (TPSA) is 117 Å². The lowest BCUT2D eigenvalue weighted by atomic mass is 9.99. The molecule has 0 saturated heterocycles. The fraction of sp³-hybridized carbons (Fsp3) is 0.227. The number of hydrogen-bond acceptors (Lipinski definition) is 8. The summed E-state index contributed by atoms with van der Waals surface area (Å²) in [6.45, 7) is 3.88. The predicted molar refractivity (Wildman–Crippen MR) is 114 cm³/mol. The van der Waals surface area contributed by atoms with Crippen LogP contribution in [0.4, 0.5) is 10.2 Å². The number of rotatable bonds is 5. The molecule has 168 valence electrons. The highest BCUT2D eigenvalue weighted by atomic mass is 19.1. The van der Waals surface area contributed by atoms with Gasteiger partial charge in [0.1, 0.15) is 28.7 Å². The normalized spacial score (nSPS) is 13.9. The molecule has 1 amide bonds. The van der Waals surface area contributed by atoms with E-state index in [2.05, 4.69) is 30.2 Å². The zero-order valence-corrected chi connectivity index (χ0v) is 18.0. The monoisotopic (exact) mass is 450 g/mol. The number of anilines is 1. The highest BCUT2D eigenvalue weighted by Gasteiger charge is 2.34. The lowest BCUT2D eigenvalue weighted by Crippen LogP contribution is -2.24. The first kappa shape index (κ1) is 20.6. The number of halogens is 1. The Morgan fingerprint density at radius 1 is 1.27 bits per heavy atom. The van der Waals surface area contributed by atoms with Gasteiger partial charge in [0.05, 0.1) is 11.8 Å². The Balaban J connectivity index is 1.47. The van der Waals surface area contributed by atoms with E-state index in [1.54, 1.807) is 25.2 Å². The molecule has 5 rings (SSSR count). The molecular formula is C22H19FN6O4. The lowest BCUT2D eigenvalue weighted by Gasteiger charge is -2.16. The van der Waals surface area contributed by atoms with Gasteiger partial charge in [-0.15, -0.1) is 5.10 Å². The molecule has 0 saturated carbocycles. The van der Waals surface area contributed by atoms with Gasteiger partial charge < -0.3 is 19.3 Å². The Labute approximate surface area is 187 Å². The van der Waals surface area contributed by atoms with E-state index in [1.165, 1.54) is 23.1 Å². The number of nitrogens with one attached hydrogen (secondary N) is 1. The number of hydrogen-bond donors (Lipinski definition) is 1. The highest BCUT2D eigenvalue weighted by molar-refractivity contribution is 6.04. The van der Waals surface area contributed by atoms with Crippen molar-refractivity contribution in [2.24, 2.45) is 7.05 Å². The summed E-state index contributed by atoms with van der Waals surface area (Å²) in [5, 5.41) is 14.3. The highest BCUT2D eigenvalue weighted by Crippen LogP contribution is 2.43. The van der Waals surface area contributed by atoms with E-state index in [1.807, 2.05) is 13.8 Å². The summed E-state index contributed by atoms with van der Waals surface area (Å²) in [5.41, 5.74) is 0.798. The Kier molecular flexibility index (Phi) is 4.81. The summed E-state index contributed by atoms with van der Waals surface area (Å²) >= 11 is 0. The number of aryl methyl sites for hydroxylation is 1. The average Bonchev–Trinajstić information content (AvgIpc) is 3.48. The lowest BCUT2D eigenvalue weighted by molar-refractivity contribution is 0.102. The SMILES string of the molecule is Cn1ncc(NC(=O)c2cc(Oc3ccc(-c4ncon4)c(F)c3)c3c(c2)OC(C)(C)C3)n1. The molecule has 0 unspecified atom stereocenters. The van der Waals surface area contributed by atoms with Crippen LogP contribution in [0, 0.1) is 5.82 Å². The summed E-state index contributed by atoms with van der Waals surface area (Å²) in [6.07, 6.45) is 3.13. The number of aromatic nitrogens is 5. The van der Waals surface area contributed by atoms with Gasteiger partial charge in [0.15, 0.2) is 5.82 Å². The van der Waals surface area contributed by atoms with E-state index in [0.717, 1.165) is 12.0 Å². The summed E-state index contributed by atoms with van der Waals surface area (Å²) in [5.74, 6) is 0.648. The minimum atomic E-state index is -0.571. The van der Waals surface area contributed by atoms with Crippen molar-refractivity contribution < 1.29 is 23.2 Å². The number of carbonyl (C=O) groups excluding carboxylic acids is 1. The Morgan fingerprint density at radius 2 is 2.12 bits per heavy atom. The molecule has 0 bridgehead atoms. The molecule has 1 N–H and O–H groups in total. The molecule has 2 aromatic heterocycles. The van der Waals surface area contributed by atoms with E-state index < -0.39 is 17.3 Å². The number of fused-ring (bicyclic) bond motifs is 1. The van der Waals surface area contributed by atoms with Crippen LogP contribution < -0.4 is 14.8 Å². The fourth-order valence-corrected chi connectivity index (χ4v) is 3.62. The van der Waals surface area contributed by atoms with E-state index in [9.17, 15) is 9.18 Å². The Morgan fingerprint density at radius 3 is 2.82 bits per heavy atom. The van der Waals surface area contributed by atoms with Crippen LogP contribution in [0.5, 0.6) is 17.2 Å². The minimum Gasteiger partial charge on any atom is -0.487 e. The van der Waals surface area contributed by atoms with Gasteiger partial charge in [-0.1, -0.05) is 5.16 Å². The van der Waals surface area contributed by atoms with E-state index in [-0.39, 0.29) is 17.1 Å². The Bertz CT molecular complexity index is 1350. The van der Waals surface area contributed by atoms with Crippen LogP contribution in [0.2, 0.25) is 0 Å². The van der Waals surface area contributed by atoms with Gasteiger partial charge in [-0.05, 0) is 38.1 Å². The van der Waals surface area contributed by atoms with Gasteiger partial charge in [-0.3, -0.25) is 4.79 Å². The molecule has 10 nitrogen and oxygen atoms in total. The molecule has 33 heavy (non-hydrogen) atoms. The van der Waals surface area contributed by atoms with Crippen molar-refractivity contribution in [3.63, 3.8) is 0 Å². The van der Waals surface area contributed by atoms with Crippen molar-refractivity contribution in [1.29, 1.82) is 0 Å². The van der Waals surface area contributed by atoms with Crippen molar-refractivity contribution in [1.82, 2.24) is 25.1 Å². The van der Waals surface area contributed by atoms with Crippen LogP contribution >= 0.6 is 0 Å². The summed E-state index contributed by atoms with van der Waals surface area (Å²) in [4.78, 5) is 18.0. The first-order chi connectivity index (χ1) is 15.8.